The van der Waals surface area contributed by atoms with Crippen molar-refractivity contribution in [3.63, 3.8) is 0 Å². The fourth-order valence-electron chi connectivity index (χ4n) is 3.47. The van der Waals surface area contributed by atoms with E-state index in [0.29, 0.717) is 31.9 Å². The van der Waals surface area contributed by atoms with Gasteiger partial charge in [-0.15, -0.1) is 0 Å². The fourth-order valence-corrected chi connectivity index (χ4v) is 3.47. The molecule has 3 amide bonds. The zero-order chi connectivity index (χ0) is 19.1. The summed E-state index contributed by atoms with van der Waals surface area (Å²) in [5.41, 5.74) is -0.0241. The molecule has 0 aromatic carbocycles. The number of hydrogen-bond acceptors (Lipinski definition) is 5. The number of aromatic nitrogens is 2. The van der Waals surface area contributed by atoms with E-state index in [4.69, 9.17) is 4.74 Å². The second-order valence-corrected chi connectivity index (χ2v) is 7.95. The Balaban J connectivity index is 1.56. The summed E-state index contributed by atoms with van der Waals surface area (Å²) < 4.78 is 6.66. The summed E-state index contributed by atoms with van der Waals surface area (Å²) in [6.07, 6.45) is 2.66. The van der Waals surface area contributed by atoms with Crippen LogP contribution < -0.4 is 5.32 Å². The largest absolute Gasteiger partial charge is 0.444 e. The Morgan fingerprint density at radius 2 is 1.69 bits per heavy atom. The molecule has 2 unspecified atom stereocenters. The predicted molar refractivity (Wildman–Crippen MR) is 93.7 cm³/mol. The van der Waals surface area contributed by atoms with E-state index >= 15 is 0 Å². The first-order valence-electron chi connectivity index (χ1n) is 8.72. The summed E-state index contributed by atoms with van der Waals surface area (Å²) >= 11 is 0. The Morgan fingerprint density at radius 3 is 2.23 bits per heavy atom. The molecule has 9 heteroatoms. The molecule has 1 aromatic heterocycles. The molecule has 1 aromatic rings. The molecule has 0 saturated carbocycles. The quantitative estimate of drug-likeness (QED) is 0.818. The van der Waals surface area contributed by atoms with Crippen molar-refractivity contribution in [3.8, 4) is 0 Å². The number of fused-ring (bicyclic) bond motifs is 1. The second kappa shape index (κ2) is 6.62. The van der Waals surface area contributed by atoms with Crippen LogP contribution in [0.25, 0.3) is 0 Å². The van der Waals surface area contributed by atoms with Gasteiger partial charge in [-0.3, -0.25) is 4.79 Å². The summed E-state index contributed by atoms with van der Waals surface area (Å²) in [5.74, 6) is 0.281. The van der Waals surface area contributed by atoms with Crippen LogP contribution in [0.1, 0.15) is 27.7 Å². The van der Waals surface area contributed by atoms with E-state index in [1.807, 2.05) is 20.8 Å². The average Bonchev–Trinajstić information content (AvgIpc) is 3.17. The summed E-state index contributed by atoms with van der Waals surface area (Å²) in [5, 5.41) is 6.61. The molecule has 142 valence electrons. The zero-order valence-corrected chi connectivity index (χ0v) is 15.6. The summed E-state index contributed by atoms with van der Waals surface area (Å²) in [7, 11) is 0. The van der Waals surface area contributed by atoms with Crippen molar-refractivity contribution >= 4 is 23.7 Å². The molecule has 2 fully saturated rings. The predicted octanol–water partition coefficient (Wildman–Crippen LogP) is 1.61. The van der Waals surface area contributed by atoms with Crippen LogP contribution >= 0.6 is 0 Å². The van der Waals surface area contributed by atoms with Gasteiger partial charge in [0.25, 0.3) is 0 Å². The summed E-state index contributed by atoms with van der Waals surface area (Å²) in [6, 6.07) is -0.222. The molecule has 0 radical (unpaired) electrons. The van der Waals surface area contributed by atoms with Crippen molar-refractivity contribution in [1.82, 2.24) is 19.6 Å². The van der Waals surface area contributed by atoms with Gasteiger partial charge in [-0.2, -0.15) is 9.78 Å². The fraction of sp³-hybridized carbons (Fsp3) is 0.647. The van der Waals surface area contributed by atoms with Crippen LogP contribution in [0.2, 0.25) is 0 Å². The Hall–Kier alpha value is -2.58. The normalized spacial score (nSPS) is 22.3. The van der Waals surface area contributed by atoms with Gasteiger partial charge in [0.2, 0.25) is 5.91 Å². The first-order valence-corrected chi connectivity index (χ1v) is 8.72. The summed E-state index contributed by atoms with van der Waals surface area (Å²) in [6.45, 7) is 9.30. The van der Waals surface area contributed by atoms with Crippen LogP contribution in [0.5, 0.6) is 0 Å². The maximum atomic E-state index is 12.6. The van der Waals surface area contributed by atoms with Crippen LogP contribution in [0, 0.1) is 11.8 Å². The van der Waals surface area contributed by atoms with Gasteiger partial charge >= 0.3 is 12.1 Å². The monoisotopic (exact) mass is 363 g/mol. The highest BCUT2D eigenvalue weighted by atomic mass is 16.6. The maximum Gasteiger partial charge on any atom is 0.410 e. The Bertz CT molecular complexity index is 709. The second-order valence-electron chi connectivity index (χ2n) is 7.95. The zero-order valence-electron chi connectivity index (χ0n) is 15.6. The number of carbonyl (C=O) groups is 3. The van der Waals surface area contributed by atoms with Gasteiger partial charge in [0.05, 0.1) is 18.1 Å². The van der Waals surface area contributed by atoms with E-state index in [2.05, 4.69) is 10.4 Å². The van der Waals surface area contributed by atoms with Crippen LogP contribution in [-0.4, -0.2) is 69.4 Å². The molecule has 0 spiro atoms. The van der Waals surface area contributed by atoms with Gasteiger partial charge < -0.3 is 19.9 Å². The van der Waals surface area contributed by atoms with Gasteiger partial charge in [0.15, 0.2) is 0 Å². The number of likely N-dealkylation sites (tertiary alicyclic amines) is 2. The van der Waals surface area contributed by atoms with Gasteiger partial charge in [-0.25, -0.2) is 9.59 Å². The van der Waals surface area contributed by atoms with E-state index in [0.717, 1.165) is 0 Å². The Morgan fingerprint density at radius 1 is 1.12 bits per heavy atom. The highest BCUT2D eigenvalue weighted by Gasteiger charge is 2.44. The van der Waals surface area contributed by atoms with Crippen LogP contribution in [0.15, 0.2) is 12.4 Å². The molecule has 2 aliphatic heterocycles. The Kier molecular flexibility index (Phi) is 4.64. The Labute approximate surface area is 152 Å². The van der Waals surface area contributed by atoms with E-state index < -0.39 is 5.60 Å². The van der Waals surface area contributed by atoms with E-state index in [-0.39, 0.29) is 29.9 Å². The standard InChI is InChI=1S/C17H25N5O4/c1-11(23)19-14-5-18-22(10-14)15(24)20-6-12-8-21(9-13(12)7-20)16(25)26-17(2,3)4/h5,10,12-13H,6-9H2,1-4H3,(H,19,23). The van der Waals surface area contributed by atoms with Crippen molar-refractivity contribution < 1.29 is 19.1 Å². The van der Waals surface area contributed by atoms with Gasteiger partial charge in [0, 0.05) is 44.9 Å². The lowest BCUT2D eigenvalue weighted by Crippen LogP contribution is -2.39. The number of carbonyl (C=O) groups excluding carboxylic acids is 3. The third kappa shape index (κ3) is 3.97. The average molecular weight is 363 g/mol. The number of anilines is 1. The van der Waals surface area contributed by atoms with Gasteiger partial charge in [0.1, 0.15) is 5.60 Å². The number of amides is 3. The van der Waals surface area contributed by atoms with Crippen LogP contribution in [-0.2, 0) is 9.53 Å². The molecular weight excluding hydrogens is 338 g/mol. The van der Waals surface area contributed by atoms with E-state index in [1.54, 1.807) is 9.80 Å². The molecule has 3 rings (SSSR count). The van der Waals surface area contributed by atoms with Crippen LogP contribution in [0.3, 0.4) is 0 Å². The van der Waals surface area contributed by atoms with Crippen molar-refractivity contribution in [3.05, 3.63) is 12.4 Å². The van der Waals surface area contributed by atoms with Crippen LogP contribution in [0.4, 0.5) is 15.3 Å². The van der Waals surface area contributed by atoms with Gasteiger partial charge in [-0.05, 0) is 20.8 Å². The molecule has 0 bridgehead atoms. The van der Waals surface area contributed by atoms with Crippen molar-refractivity contribution in [2.24, 2.45) is 11.8 Å². The molecule has 1 N–H and O–H groups in total. The summed E-state index contributed by atoms with van der Waals surface area (Å²) in [4.78, 5) is 39.3. The topological polar surface area (TPSA) is 96.8 Å². The highest BCUT2D eigenvalue weighted by molar-refractivity contribution is 5.89. The van der Waals surface area contributed by atoms with E-state index in [9.17, 15) is 14.4 Å². The number of ether oxygens (including phenoxy) is 1. The number of hydrogen-bond donors (Lipinski definition) is 1. The van der Waals surface area contributed by atoms with Crippen molar-refractivity contribution in [1.29, 1.82) is 0 Å². The molecule has 3 heterocycles. The van der Waals surface area contributed by atoms with E-state index in [1.165, 1.54) is 24.0 Å². The molecule has 2 atom stereocenters. The van der Waals surface area contributed by atoms with Gasteiger partial charge in [-0.1, -0.05) is 0 Å². The molecule has 0 aliphatic carbocycles. The van der Waals surface area contributed by atoms with Crippen molar-refractivity contribution in [2.75, 3.05) is 31.5 Å². The number of rotatable bonds is 1. The maximum absolute atomic E-state index is 12.6. The molecular formula is C17H25N5O4. The smallest absolute Gasteiger partial charge is 0.410 e. The third-order valence-electron chi connectivity index (χ3n) is 4.51. The number of nitrogens with zero attached hydrogens (tertiary/aromatic N) is 4. The lowest BCUT2D eigenvalue weighted by molar-refractivity contribution is -0.114. The SMILES string of the molecule is CC(=O)Nc1cnn(C(=O)N2CC3CN(C(=O)OC(C)(C)C)CC3C2)c1. The lowest BCUT2D eigenvalue weighted by atomic mass is 10.0. The first kappa shape index (κ1) is 18.2. The highest BCUT2D eigenvalue weighted by Crippen LogP contribution is 2.32. The molecule has 9 nitrogen and oxygen atoms in total. The minimum absolute atomic E-state index is 0.213. The first-order chi connectivity index (χ1) is 12.1. The molecule has 26 heavy (non-hydrogen) atoms. The minimum atomic E-state index is -0.511. The lowest BCUT2D eigenvalue weighted by Gasteiger charge is -2.26. The molecule has 2 aliphatic rings. The van der Waals surface area contributed by atoms with Crippen molar-refractivity contribution in [2.45, 2.75) is 33.3 Å². The molecule has 2 saturated heterocycles. The number of nitrogens with one attached hydrogen (secondary N) is 1. The third-order valence-corrected chi connectivity index (χ3v) is 4.51. The minimum Gasteiger partial charge on any atom is -0.444 e.